The highest BCUT2D eigenvalue weighted by Gasteiger charge is 2.78. The van der Waals surface area contributed by atoms with Gasteiger partial charge in [0.2, 0.25) is 0 Å². The monoisotopic (exact) mass is 280 g/mol. The topological polar surface area (TPSA) is 48.4 Å². The lowest BCUT2D eigenvalue weighted by atomic mass is 10.3. The van der Waals surface area contributed by atoms with Crippen LogP contribution in [0.1, 0.15) is 21.0 Å². The molecule has 0 bridgehead atoms. The molecule has 2 aromatic rings. The minimum Gasteiger partial charge on any atom is -0.262 e. The van der Waals surface area contributed by atoms with E-state index in [1.165, 1.54) is 0 Å². The van der Waals surface area contributed by atoms with Crippen molar-refractivity contribution in [3.05, 3.63) is 60.2 Å². The summed E-state index contributed by atoms with van der Waals surface area (Å²) in [5.74, 6) is -0.938. The van der Waals surface area contributed by atoms with Gasteiger partial charge in [-0.2, -0.15) is 9.80 Å². The molecule has 5 heterocycles. The van der Waals surface area contributed by atoms with Crippen LogP contribution in [0.2, 0.25) is 0 Å². The van der Waals surface area contributed by atoms with E-state index in [0.717, 1.165) is 0 Å². The maximum absolute atomic E-state index is 12.7. The molecule has 3 aliphatic rings. The second-order valence-corrected chi connectivity index (χ2v) is 5.43. The lowest BCUT2D eigenvalue weighted by Crippen LogP contribution is -2.78. The Morgan fingerprint density at radius 3 is 1.76 bits per heavy atom. The first-order valence-corrected chi connectivity index (χ1v) is 6.92. The Balaban J connectivity index is 1.93. The molecule has 1 saturated heterocycles. The number of nitrogens with zero attached hydrogens (tertiary/aromatic N) is 4. The predicted molar refractivity (Wildman–Crippen MR) is 68.7 cm³/mol. The highest BCUT2D eigenvalue weighted by Crippen LogP contribution is 2.35. The molecule has 0 radical (unpaired) electrons. The molecular formula is C15H12N4O2+2. The summed E-state index contributed by atoms with van der Waals surface area (Å²) >= 11 is 0. The van der Waals surface area contributed by atoms with Gasteiger partial charge < -0.3 is 0 Å². The number of carbonyl (C=O) groups is 2. The van der Waals surface area contributed by atoms with Gasteiger partial charge in [-0.1, -0.05) is 9.13 Å². The number of rotatable bonds is 0. The first kappa shape index (κ1) is 11.0. The van der Waals surface area contributed by atoms with Crippen molar-refractivity contribution in [3.8, 4) is 0 Å². The minimum absolute atomic E-state index is 0.0323. The zero-order valence-electron chi connectivity index (χ0n) is 11.1. The summed E-state index contributed by atoms with van der Waals surface area (Å²) in [5, 5.41) is 0. The second kappa shape index (κ2) is 3.28. The fourth-order valence-corrected chi connectivity index (χ4v) is 3.79. The van der Waals surface area contributed by atoms with E-state index in [1.54, 1.807) is 21.9 Å². The quantitative estimate of drug-likeness (QED) is 0.599. The Hall–Kier alpha value is -2.76. The van der Waals surface area contributed by atoms with Crippen molar-refractivity contribution in [2.24, 2.45) is 0 Å². The summed E-state index contributed by atoms with van der Waals surface area (Å²) in [4.78, 5) is 28.9. The van der Waals surface area contributed by atoms with Crippen LogP contribution in [-0.2, 0) is 5.91 Å². The van der Waals surface area contributed by atoms with E-state index in [0.29, 0.717) is 24.5 Å². The first-order valence-electron chi connectivity index (χ1n) is 6.92. The third-order valence-corrected chi connectivity index (χ3v) is 4.57. The van der Waals surface area contributed by atoms with Crippen LogP contribution < -0.4 is 9.13 Å². The highest BCUT2D eigenvalue weighted by atomic mass is 16.2. The van der Waals surface area contributed by atoms with E-state index in [2.05, 4.69) is 0 Å². The Bertz CT molecular complexity index is 762. The molecule has 0 aromatic carbocycles. The molecule has 0 atom stereocenters. The smallest absolute Gasteiger partial charge is 0.262 e. The van der Waals surface area contributed by atoms with Crippen molar-refractivity contribution in [3.63, 3.8) is 0 Å². The van der Waals surface area contributed by atoms with Crippen LogP contribution in [0.4, 0.5) is 0 Å². The van der Waals surface area contributed by atoms with Gasteiger partial charge in [0.25, 0.3) is 11.4 Å². The van der Waals surface area contributed by atoms with Crippen LogP contribution in [0, 0.1) is 0 Å². The van der Waals surface area contributed by atoms with Crippen molar-refractivity contribution >= 4 is 11.8 Å². The van der Waals surface area contributed by atoms with Crippen LogP contribution in [-0.4, -0.2) is 34.7 Å². The fraction of sp³-hybridized carbons (Fsp3) is 0.200. The Morgan fingerprint density at radius 1 is 0.810 bits per heavy atom. The fourth-order valence-electron chi connectivity index (χ4n) is 3.79. The molecule has 3 aliphatic heterocycles. The van der Waals surface area contributed by atoms with Crippen molar-refractivity contribution in [2.75, 3.05) is 13.1 Å². The van der Waals surface area contributed by atoms with Gasteiger partial charge in [-0.3, -0.25) is 9.59 Å². The molecule has 21 heavy (non-hydrogen) atoms. The third-order valence-electron chi connectivity index (χ3n) is 4.57. The van der Waals surface area contributed by atoms with Gasteiger partial charge in [0.15, 0.2) is 12.4 Å². The van der Waals surface area contributed by atoms with Crippen LogP contribution in [0.3, 0.4) is 0 Å². The zero-order valence-corrected chi connectivity index (χ0v) is 11.1. The molecule has 6 heteroatoms. The zero-order chi connectivity index (χ0) is 14.2. The summed E-state index contributed by atoms with van der Waals surface area (Å²) in [5.41, 5.74) is 1.22. The maximum atomic E-state index is 12.7. The lowest BCUT2D eigenvalue weighted by Gasteiger charge is -2.19. The van der Waals surface area contributed by atoms with Gasteiger partial charge in [0, 0.05) is 24.3 Å². The second-order valence-electron chi connectivity index (χ2n) is 5.43. The van der Waals surface area contributed by atoms with Crippen molar-refractivity contribution in [1.82, 2.24) is 9.80 Å². The number of hydrogen-bond donors (Lipinski definition) is 0. The van der Waals surface area contributed by atoms with E-state index < -0.39 is 5.91 Å². The summed E-state index contributed by atoms with van der Waals surface area (Å²) in [6.07, 6.45) is 3.74. The predicted octanol–water partition coefficient (Wildman–Crippen LogP) is -0.697. The molecule has 6 nitrogen and oxygen atoms in total. The van der Waals surface area contributed by atoms with Gasteiger partial charge in [-0.15, -0.1) is 0 Å². The van der Waals surface area contributed by atoms with E-state index in [-0.39, 0.29) is 11.8 Å². The standard InChI is InChI=1S/C15H12N4O2/c20-13-11-5-1-3-7-16(11)15-17-8-4-2-6-12(17)14(21)19(15)10-9-18(13)15/h1-8H,9-10H2/q+2. The molecule has 102 valence electrons. The summed E-state index contributed by atoms with van der Waals surface area (Å²) in [7, 11) is 0. The van der Waals surface area contributed by atoms with Gasteiger partial charge in [-0.25, -0.2) is 0 Å². The molecule has 1 fully saturated rings. The molecule has 5 rings (SSSR count). The minimum atomic E-state index is -0.874. The molecule has 2 aromatic heterocycles. The van der Waals surface area contributed by atoms with Gasteiger partial charge in [0.1, 0.15) is 0 Å². The van der Waals surface area contributed by atoms with Crippen LogP contribution in [0.15, 0.2) is 48.8 Å². The number of hydrogen-bond acceptors (Lipinski definition) is 2. The van der Waals surface area contributed by atoms with Gasteiger partial charge >= 0.3 is 17.7 Å². The third kappa shape index (κ3) is 0.970. The summed E-state index contributed by atoms with van der Waals surface area (Å²) in [6, 6.07) is 11.1. The average Bonchev–Trinajstić information content (AvgIpc) is 3.11. The number of pyridine rings is 2. The molecule has 0 saturated carbocycles. The van der Waals surface area contributed by atoms with Crippen LogP contribution >= 0.6 is 0 Å². The normalized spacial score (nSPS) is 20.4. The van der Waals surface area contributed by atoms with Crippen LogP contribution in [0.5, 0.6) is 0 Å². The molecule has 0 unspecified atom stereocenters. The number of fused-ring (bicyclic) bond motifs is 2. The lowest BCUT2D eigenvalue weighted by molar-refractivity contribution is -1.02. The van der Waals surface area contributed by atoms with Crippen molar-refractivity contribution in [2.45, 2.75) is 5.91 Å². The molecule has 0 aliphatic carbocycles. The van der Waals surface area contributed by atoms with E-state index in [4.69, 9.17) is 0 Å². The molecular weight excluding hydrogens is 268 g/mol. The average molecular weight is 280 g/mol. The molecule has 2 amide bonds. The Morgan fingerprint density at radius 2 is 1.29 bits per heavy atom. The largest absolute Gasteiger partial charge is 0.550 e. The number of aromatic nitrogens is 2. The number of carbonyl (C=O) groups excluding carboxylic acids is 2. The number of amides is 2. The maximum Gasteiger partial charge on any atom is 0.550 e. The van der Waals surface area contributed by atoms with E-state index >= 15 is 0 Å². The Kier molecular flexibility index (Phi) is 1.71. The first-order chi connectivity index (χ1) is 10.3. The molecule has 1 spiro atoms. The Labute approximate surface area is 120 Å². The summed E-state index contributed by atoms with van der Waals surface area (Å²) in [6.45, 7) is 1.10. The summed E-state index contributed by atoms with van der Waals surface area (Å²) < 4.78 is 3.80. The van der Waals surface area contributed by atoms with Gasteiger partial charge in [0.05, 0.1) is 13.1 Å². The van der Waals surface area contributed by atoms with Crippen molar-refractivity contribution < 1.29 is 18.7 Å². The van der Waals surface area contributed by atoms with E-state index in [9.17, 15) is 9.59 Å². The van der Waals surface area contributed by atoms with Crippen molar-refractivity contribution in [1.29, 1.82) is 0 Å². The van der Waals surface area contributed by atoms with Crippen LogP contribution in [0.25, 0.3) is 0 Å². The van der Waals surface area contributed by atoms with Gasteiger partial charge in [-0.05, 0) is 12.1 Å². The molecule has 0 N–H and O–H groups in total. The highest BCUT2D eigenvalue weighted by molar-refractivity contribution is 5.96. The van der Waals surface area contributed by atoms with E-state index in [1.807, 2.05) is 45.8 Å². The SMILES string of the molecule is O=C1c2cccc[n+]2C23N1CCN2C(=O)c1cccc[n+]13.